The predicted octanol–water partition coefficient (Wildman–Crippen LogP) is 4.06. The molecule has 10 heteroatoms. The summed E-state index contributed by atoms with van der Waals surface area (Å²) < 4.78 is 72.1. The summed E-state index contributed by atoms with van der Waals surface area (Å²) in [5, 5.41) is 7.12. The van der Waals surface area contributed by atoms with Crippen molar-refractivity contribution in [2.75, 3.05) is 18.0 Å². The Morgan fingerprint density at radius 2 is 1.59 bits per heavy atom. The molecular formula is C19H18F6N2O2. The zero-order chi connectivity index (χ0) is 21.8. The molecule has 0 unspecified atom stereocenters. The van der Waals surface area contributed by atoms with E-state index in [4.69, 9.17) is 15.6 Å². The van der Waals surface area contributed by atoms with E-state index >= 15 is 0 Å². The smallest absolute Gasteiger partial charge is 0.475 e. The van der Waals surface area contributed by atoms with E-state index in [0.717, 1.165) is 11.8 Å². The lowest BCUT2D eigenvalue weighted by Crippen LogP contribution is -2.47. The Kier molecular flexibility index (Phi) is 7.12. The van der Waals surface area contributed by atoms with Crippen molar-refractivity contribution >= 4 is 11.7 Å². The molecule has 2 aromatic rings. The molecule has 1 aliphatic heterocycles. The van der Waals surface area contributed by atoms with Gasteiger partial charge in [0.1, 0.15) is 5.82 Å². The largest absolute Gasteiger partial charge is 0.490 e. The predicted molar refractivity (Wildman–Crippen MR) is 94.0 cm³/mol. The lowest BCUT2D eigenvalue weighted by molar-refractivity contribution is -0.192. The fourth-order valence-electron chi connectivity index (χ4n) is 3.06. The van der Waals surface area contributed by atoms with Crippen LogP contribution in [0.25, 0.3) is 0 Å². The maximum absolute atomic E-state index is 13.9. The van der Waals surface area contributed by atoms with E-state index < -0.39 is 29.6 Å². The van der Waals surface area contributed by atoms with Crippen LogP contribution in [0.1, 0.15) is 17.9 Å². The van der Waals surface area contributed by atoms with Crippen LogP contribution < -0.4 is 10.6 Å². The normalized spacial score (nSPS) is 19.3. The molecule has 0 bridgehead atoms. The standard InChI is InChI=1S/C17H17F3N2.C2HF3O2/c18-14-9-16(20)15(19)8-13(14)12-6-7-22(10-17(12)21)11-4-2-1-3-5-11;3-2(4,5)1(6)7/h1-5,8-9,12,17H,6-7,10,21H2;(H,6,7)/t12-,17+;/m1./s1. The third kappa shape index (κ3) is 5.86. The van der Waals surface area contributed by atoms with Crippen LogP contribution in [0.4, 0.5) is 32.0 Å². The van der Waals surface area contributed by atoms with Crippen LogP contribution in [0.3, 0.4) is 0 Å². The van der Waals surface area contributed by atoms with Gasteiger partial charge in [0.15, 0.2) is 11.6 Å². The first-order chi connectivity index (χ1) is 13.5. The van der Waals surface area contributed by atoms with Gasteiger partial charge >= 0.3 is 12.1 Å². The summed E-state index contributed by atoms with van der Waals surface area (Å²) >= 11 is 0. The average Bonchev–Trinajstić information content (AvgIpc) is 2.65. The highest BCUT2D eigenvalue weighted by atomic mass is 19.4. The molecule has 158 valence electrons. The van der Waals surface area contributed by atoms with E-state index in [1.807, 2.05) is 30.3 Å². The number of carboxylic acids is 1. The lowest BCUT2D eigenvalue weighted by Gasteiger charge is -2.38. The van der Waals surface area contributed by atoms with Crippen molar-refractivity contribution in [1.29, 1.82) is 0 Å². The third-order valence-corrected chi connectivity index (χ3v) is 4.46. The van der Waals surface area contributed by atoms with E-state index in [1.54, 1.807) is 0 Å². The molecule has 29 heavy (non-hydrogen) atoms. The Morgan fingerprint density at radius 1 is 1.03 bits per heavy atom. The molecule has 0 aliphatic carbocycles. The van der Waals surface area contributed by atoms with E-state index in [0.29, 0.717) is 25.6 Å². The van der Waals surface area contributed by atoms with Crippen molar-refractivity contribution in [3.63, 3.8) is 0 Å². The van der Waals surface area contributed by atoms with Crippen LogP contribution in [0, 0.1) is 17.5 Å². The van der Waals surface area contributed by atoms with Crippen LogP contribution >= 0.6 is 0 Å². The third-order valence-electron chi connectivity index (χ3n) is 4.46. The Hall–Kier alpha value is -2.75. The van der Waals surface area contributed by atoms with E-state index in [-0.39, 0.29) is 17.5 Å². The minimum atomic E-state index is -5.08. The topological polar surface area (TPSA) is 66.6 Å². The monoisotopic (exact) mass is 420 g/mol. The Morgan fingerprint density at radius 3 is 2.10 bits per heavy atom. The molecule has 0 amide bonds. The van der Waals surface area contributed by atoms with Crippen molar-refractivity contribution in [3.8, 4) is 0 Å². The summed E-state index contributed by atoms with van der Waals surface area (Å²) in [7, 11) is 0. The number of carboxylic acid groups (broad SMARTS) is 1. The number of rotatable bonds is 2. The number of carbonyl (C=O) groups is 1. The highest BCUT2D eigenvalue weighted by Gasteiger charge is 2.38. The number of halogens is 6. The molecule has 0 aromatic heterocycles. The van der Waals surface area contributed by atoms with Gasteiger partial charge < -0.3 is 15.7 Å². The van der Waals surface area contributed by atoms with Crippen LogP contribution in [-0.2, 0) is 4.79 Å². The van der Waals surface area contributed by atoms with E-state index in [9.17, 15) is 26.3 Å². The molecule has 4 nitrogen and oxygen atoms in total. The molecule has 2 atom stereocenters. The maximum atomic E-state index is 13.9. The van der Waals surface area contributed by atoms with Crippen LogP contribution in [0.2, 0.25) is 0 Å². The van der Waals surface area contributed by atoms with Crippen molar-refractivity contribution in [1.82, 2.24) is 0 Å². The zero-order valence-corrected chi connectivity index (χ0v) is 15.0. The second-order valence-electron chi connectivity index (χ2n) is 6.43. The fourth-order valence-corrected chi connectivity index (χ4v) is 3.06. The highest BCUT2D eigenvalue weighted by molar-refractivity contribution is 5.73. The van der Waals surface area contributed by atoms with Gasteiger partial charge in [0.2, 0.25) is 0 Å². The molecule has 0 radical (unpaired) electrons. The van der Waals surface area contributed by atoms with E-state index in [2.05, 4.69) is 4.90 Å². The molecule has 3 rings (SSSR count). The van der Waals surface area contributed by atoms with Crippen LogP contribution in [0.5, 0.6) is 0 Å². The number of nitrogens with zero attached hydrogens (tertiary/aromatic N) is 1. The summed E-state index contributed by atoms with van der Waals surface area (Å²) in [5.41, 5.74) is 7.39. The molecule has 0 spiro atoms. The second-order valence-corrected chi connectivity index (χ2v) is 6.43. The Bertz CT molecular complexity index is 845. The molecule has 0 saturated carbocycles. The molecule has 2 aromatic carbocycles. The summed E-state index contributed by atoms with van der Waals surface area (Å²) in [5.74, 6) is -6.00. The Balaban J connectivity index is 0.000000370. The van der Waals surface area contributed by atoms with Crippen molar-refractivity contribution in [2.24, 2.45) is 5.73 Å². The second kappa shape index (κ2) is 9.17. The van der Waals surface area contributed by atoms with Gasteiger partial charge in [0, 0.05) is 36.8 Å². The van der Waals surface area contributed by atoms with Gasteiger partial charge in [-0.1, -0.05) is 18.2 Å². The summed E-state index contributed by atoms with van der Waals surface area (Å²) in [6.07, 6.45) is -4.49. The maximum Gasteiger partial charge on any atom is 0.490 e. The lowest BCUT2D eigenvalue weighted by atomic mass is 9.85. The van der Waals surface area contributed by atoms with Gasteiger partial charge in [-0.15, -0.1) is 0 Å². The highest BCUT2D eigenvalue weighted by Crippen LogP contribution is 2.32. The van der Waals surface area contributed by atoms with Crippen LogP contribution in [-0.4, -0.2) is 36.4 Å². The van der Waals surface area contributed by atoms with Crippen LogP contribution in [0.15, 0.2) is 42.5 Å². The average molecular weight is 420 g/mol. The van der Waals surface area contributed by atoms with Gasteiger partial charge in [-0.2, -0.15) is 13.2 Å². The first-order valence-corrected chi connectivity index (χ1v) is 8.50. The number of hydrogen-bond donors (Lipinski definition) is 2. The number of piperidine rings is 1. The molecule has 1 heterocycles. The molecule has 1 aliphatic rings. The van der Waals surface area contributed by atoms with Gasteiger partial charge in [-0.3, -0.25) is 0 Å². The summed E-state index contributed by atoms with van der Waals surface area (Å²) in [4.78, 5) is 11.0. The first kappa shape index (κ1) is 22.5. The summed E-state index contributed by atoms with van der Waals surface area (Å²) in [6.45, 7) is 1.24. The molecule has 1 saturated heterocycles. The number of aliphatic carboxylic acids is 1. The van der Waals surface area contributed by atoms with Crippen molar-refractivity contribution in [3.05, 3.63) is 65.5 Å². The molecule has 3 N–H and O–H groups in total. The molecule has 1 fully saturated rings. The fraction of sp³-hybridized carbons (Fsp3) is 0.316. The quantitative estimate of drug-likeness (QED) is 0.568. The number of anilines is 1. The SMILES string of the molecule is N[C@H]1CN(c2ccccc2)CC[C@@H]1c1cc(F)c(F)cc1F.O=C(O)C(F)(F)F. The zero-order valence-electron chi connectivity index (χ0n) is 15.0. The van der Waals surface area contributed by atoms with Gasteiger partial charge in [-0.05, 0) is 30.2 Å². The Labute approximate surface area is 162 Å². The van der Waals surface area contributed by atoms with Crippen molar-refractivity contribution in [2.45, 2.75) is 24.6 Å². The number of nitrogens with two attached hydrogens (primary N) is 1. The first-order valence-electron chi connectivity index (χ1n) is 8.50. The minimum Gasteiger partial charge on any atom is -0.475 e. The van der Waals surface area contributed by atoms with Gasteiger partial charge in [0.25, 0.3) is 0 Å². The number of para-hydroxylation sites is 1. The van der Waals surface area contributed by atoms with Crippen molar-refractivity contribution < 1.29 is 36.2 Å². The number of benzene rings is 2. The van der Waals surface area contributed by atoms with E-state index in [1.165, 1.54) is 0 Å². The summed E-state index contributed by atoms with van der Waals surface area (Å²) in [6, 6.07) is 11.0. The van der Waals surface area contributed by atoms with Gasteiger partial charge in [-0.25, -0.2) is 18.0 Å². The molecular weight excluding hydrogens is 402 g/mol. The minimum absolute atomic E-state index is 0.166. The van der Waals surface area contributed by atoms with Gasteiger partial charge in [0.05, 0.1) is 0 Å². The number of hydrogen-bond acceptors (Lipinski definition) is 3. The number of alkyl halides is 3.